The molecule has 2 aromatic carbocycles. The number of rotatable bonds is 0. The quantitative estimate of drug-likeness (QED) is 0.380. The number of hydrogen-bond donors (Lipinski definition) is 0. The van der Waals surface area contributed by atoms with Crippen LogP contribution in [0.5, 0.6) is 5.75 Å². The number of nitrogens with zero attached hydrogens (tertiary/aromatic N) is 2. The third kappa shape index (κ3) is 1.89. The van der Waals surface area contributed by atoms with Crippen LogP contribution in [0.2, 0.25) is 0 Å². The van der Waals surface area contributed by atoms with E-state index in [1.807, 2.05) is 36.7 Å². The lowest BCUT2D eigenvalue weighted by Gasteiger charge is -2.37. The van der Waals surface area contributed by atoms with Gasteiger partial charge in [-0.25, -0.2) is 0 Å². The maximum absolute atomic E-state index is 6.58. The topological polar surface area (TPSA) is 35.0 Å². The summed E-state index contributed by atoms with van der Waals surface area (Å²) >= 11 is 0. The van der Waals surface area contributed by atoms with Gasteiger partial charge in [-0.15, -0.1) is 0 Å². The second kappa shape index (κ2) is 5.20. The largest absolute Gasteiger partial charge is 0.482 e. The smallest absolute Gasteiger partial charge is 0.139 e. The van der Waals surface area contributed by atoms with Crippen LogP contribution < -0.4 is 4.74 Å². The standard InChI is InChI=1S/C25H20N2O/c1-14-15-8-6-12-26-23(15)17-10-11-19-22(21(14)17)18-13-27-20-9-5-4-7-16(20)24(18)28-25(19,2)3/h4-14H,1-3H3. The Morgan fingerprint density at radius 1 is 0.929 bits per heavy atom. The molecule has 1 aliphatic heterocycles. The number of ether oxygens (including phenoxy) is 1. The minimum atomic E-state index is -0.413. The zero-order valence-electron chi connectivity index (χ0n) is 16.2. The van der Waals surface area contributed by atoms with E-state index in [9.17, 15) is 0 Å². The molecular formula is C25H20N2O. The number of para-hydroxylation sites is 1. The lowest BCUT2D eigenvalue weighted by Crippen LogP contribution is -2.30. The predicted octanol–water partition coefficient (Wildman–Crippen LogP) is 6.06. The van der Waals surface area contributed by atoms with E-state index in [0.29, 0.717) is 5.92 Å². The highest BCUT2D eigenvalue weighted by atomic mass is 16.5. The number of aromatic nitrogens is 2. The first-order valence-electron chi connectivity index (χ1n) is 9.76. The zero-order valence-corrected chi connectivity index (χ0v) is 16.2. The van der Waals surface area contributed by atoms with Crippen LogP contribution in [0.15, 0.2) is 60.9 Å². The fourth-order valence-corrected chi connectivity index (χ4v) is 4.93. The Morgan fingerprint density at radius 2 is 1.79 bits per heavy atom. The van der Waals surface area contributed by atoms with Crippen LogP contribution in [-0.2, 0) is 5.60 Å². The van der Waals surface area contributed by atoms with Crippen LogP contribution in [0.3, 0.4) is 0 Å². The molecule has 2 aromatic heterocycles. The maximum Gasteiger partial charge on any atom is 0.139 e. The summed E-state index contributed by atoms with van der Waals surface area (Å²) in [6, 6.07) is 16.9. The van der Waals surface area contributed by atoms with Gasteiger partial charge in [-0.2, -0.15) is 0 Å². The summed E-state index contributed by atoms with van der Waals surface area (Å²) in [5.74, 6) is 1.23. The second-order valence-corrected chi connectivity index (χ2v) is 8.24. The van der Waals surface area contributed by atoms with Gasteiger partial charge in [0.05, 0.1) is 11.2 Å². The number of fused-ring (bicyclic) bond motifs is 9. The number of pyridine rings is 2. The Morgan fingerprint density at radius 3 is 2.68 bits per heavy atom. The van der Waals surface area contributed by atoms with Gasteiger partial charge in [0.25, 0.3) is 0 Å². The van der Waals surface area contributed by atoms with Crippen molar-refractivity contribution in [1.29, 1.82) is 0 Å². The molecule has 1 unspecified atom stereocenters. The number of benzene rings is 2. The first-order chi connectivity index (χ1) is 13.6. The Balaban J connectivity index is 1.75. The van der Waals surface area contributed by atoms with E-state index in [4.69, 9.17) is 14.7 Å². The van der Waals surface area contributed by atoms with Gasteiger partial charge in [-0.05, 0) is 48.7 Å². The van der Waals surface area contributed by atoms with Crippen molar-refractivity contribution in [2.75, 3.05) is 0 Å². The van der Waals surface area contributed by atoms with Crippen molar-refractivity contribution in [1.82, 2.24) is 9.97 Å². The molecule has 0 spiro atoms. The Bertz CT molecular complexity index is 1290. The molecule has 3 heterocycles. The highest BCUT2D eigenvalue weighted by Crippen LogP contribution is 2.55. The molecule has 0 radical (unpaired) electrons. The molecule has 0 saturated carbocycles. The van der Waals surface area contributed by atoms with Gasteiger partial charge < -0.3 is 4.74 Å². The van der Waals surface area contributed by atoms with E-state index in [0.717, 1.165) is 27.9 Å². The highest BCUT2D eigenvalue weighted by Gasteiger charge is 2.39. The van der Waals surface area contributed by atoms with E-state index in [2.05, 4.69) is 45.0 Å². The monoisotopic (exact) mass is 364 g/mol. The summed E-state index contributed by atoms with van der Waals surface area (Å²) in [7, 11) is 0. The minimum absolute atomic E-state index is 0.293. The van der Waals surface area contributed by atoms with Crippen molar-refractivity contribution in [2.24, 2.45) is 0 Å². The van der Waals surface area contributed by atoms with Crippen LogP contribution in [0.4, 0.5) is 0 Å². The van der Waals surface area contributed by atoms with E-state index < -0.39 is 5.60 Å². The highest BCUT2D eigenvalue weighted by molar-refractivity contribution is 5.97. The van der Waals surface area contributed by atoms with Gasteiger partial charge in [0, 0.05) is 40.4 Å². The summed E-state index contributed by atoms with van der Waals surface area (Å²) in [4.78, 5) is 9.44. The average molecular weight is 364 g/mol. The summed E-state index contributed by atoms with van der Waals surface area (Å²) in [6.45, 7) is 6.59. The third-order valence-electron chi connectivity index (χ3n) is 6.24. The summed E-state index contributed by atoms with van der Waals surface area (Å²) in [5.41, 5.74) is 9.11. The van der Waals surface area contributed by atoms with Crippen LogP contribution in [0.1, 0.15) is 43.4 Å². The lowest BCUT2D eigenvalue weighted by molar-refractivity contribution is 0.108. The molecule has 2 aliphatic rings. The normalized spacial score (nSPS) is 18.0. The van der Waals surface area contributed by atoms with Crippen molar-refractivity contribution in [2.45, 2.75) is 32.3 Å². The molecule has 1 aliphatic carbocycles. The Kier molecular flexibility index (Phi) is 2.94. The molecule has 28 heavy (non-hydrogen) atoms. The molecule has 6 rings (SSSR count). The van der Waals surface area contributed by atoms with Crippen LogP contribution in [0, 0.1) is 0 Å². The Labute approximate surface area is 164 Å². The molecule has 3 heteroatoms. The SMILES string of the molecule is CC1c2cccnc2-c2ccc3c(c21)-c1cnc2ccccc2c1OC3(C)C. The van der Waals surface area contributed by atoms with E-state index in [-0.39, 0.29) is 0 Å². The van der Waals surface area contributed by atoms with Crippen molar-refractivity contribution in [3.05, 3.63) is 77.6 Å². The molecule has 0 amide bonds. The molecule has 136 valence electrons. The van der Waals surface area contributed by atoms with E-state index in [1.54, 1.807) is 0 Å². The van der Waals surface area contributed by atoms with Crippen LogP contribution in [-0.4, -0.2) is 9.97 Å². The first-order valence-corrected chi connectivity index (χ1v) is 9.76. The summed E-state index contributed by atoms with van der Waals surface area (Å²) in [6.07, 6.45) is 3.87. The van der Waals surface area contributed by atoms with E-state index in [1.165, 1.54) is 27.8 Å². The average Bonchev–Trinajstić information content (AvgIpc) is 3.00. The molecular weight excluding hydrogens is 344 g/mol. The van der Waals surface area contributed by atoms with Gasteiger partial charge in [0.15, 0.2) is 0 Å². The predicted molar refractivity (Wildman–Crippen MR) is 112 cm³/mol. The summed E-state index contributed by atoms with van der Waals surface area (Å²) in [5, 5.41) is 1.07. The molecule has 0 fully saturated rings. The van der Waals surface area contributed by atoms with Crippen molar-refractivity contribution >= 4 is 10.9 Å². The second-order valence-electron chi connectivity index (χ2n) is 8.24. The van der Waals surface area contributed by atoms with Gasteiger partial charge in [0.2, 0.25) is 0 Å². The van der Waals surface area contributed by atoms with Crippen LogP contribution in [0.25, 0.3) is 33.3 Å². The molecule has 4 aromatic rings. The van der Waals surface area contributed by atoms with Gasteiger partial charge in [-0.1, -0.05) is 37.3 Å². The van der Waals surface area contributed by atoms with Gasteiger partial charge >= 0.3 is 0 Å². The lowest BCUT2D eigenvalue weighted by atomic mass is 9.80. The fourth-order valence-electron chi connectivity index (χ4n) is 4.93. The third-order valence-corrected chi connectivity index (χ3v) is 6.24. The van der Waals surface area contributed by atoms with Crippen molar-refractivity contribution < 1.29 is 4.74 Å². The molecule has 1 atom stereocenters. The van der Waals surface area contributed by atoms with E-state index >= 15 is 0 Å². The molecule has 0 saturated heterocycles. The van der Waals surface area contributed by atoms with Crippen molar-refractivity contribution in [3.8, 4) is 28.1 Å². The molecule has 0 N–H and O–H groups in total. The minimum Gasteiger partial charge on any atom is -0.482 e. The van der Waals surface area contributed by atoms with Gasteiger partial charge in [0.1, 0.15) is 11.4 Å². The number of hydrogen-bond acceptors (Lipinski definition) is 3. The summed E-state index contributed by atoms with van der Waals surface area (Å²) < 4.78 is 6.58. The van der Waals surface area contributed by atoms with Crippen LogP contribution >= 0.6 is 0 Å². The van der Waals surface area contributed by atoms with Crippen molar-refractivity contribution in [3.63, 3.8) is 0 Å². The Hall–Kier alpha value is -3.20. The zero-order chi connectivity index (χ0) is 19.0. The fraction of sp³-hybridized carbons (Fsp3) is 0.200. The molecule has 0 bridgehead atoms. The molecule has 3 nitrogen and oxygen atoms in total. The maximum atomic E-state index is 6.58. The first kappa shape index (κ1) is 15.8. The van der Waals surface area contributed by atoms with Gasteiger partial charge in [-0.3, -0.25) is 9.97 Å².